The van der Waals surface area contributed by atoms with Gasteiger partial charge in [0.05, 0.1) is 6.42 Å². The molecule has 0 aliphatic heterocycles. The number of hydrogen-bond acceptors (Lipinski definition) is 4. The summed E-state index contributed by atoms with van der Waals surface area (Å²) in [5.74, 6) is -2.67. The molecule has 0 heterocycles. The monoisotopic (exact) mass is 204 g/mol. The van der Waals surface area contributed by atoms with Gasteiger partial charge in [0.2, 0.25) is 11.8 Å². The van der Waals surface area contributed by atoms with Gasteiger partial charge in [0, 0.05) is 6.08 Å². The molecule has 1 atom stereocenters. The van der Waals surface area contributed by atoms with Crippen LogP contribution in [0.3, 0.4) is 0 Å². The number of primary amides is 2. The van der Waals surface area contributed by atoms with E-state index >= 15 is 0 Å². The van der Waals surface area contributed by atoms with Gasteiger partial charge in [-0.1, -0.05) is 6.58 Å². The SMILES string of the molecule is C=CC(=O)O.NC(=O)CC(O)C(N)=O. The lowest BCUT2D eigenvalue weighted by Crippen LogP contribution is -2.32. The lowest BCUT2D eigenvalue weighted by molar-refractivity contribution is -0.131. The van der Waals surface area contributed by atoms with Gasteiger partial charge in [-0.15, -0.1) is 0 Å². The number of carboxylic acid groups (broad SMARTS) is 1. The summed E-state index contributed by atoms with van der Waals surface area (Å²) in [6, 6.07) is 0. The number of aliphatic carboxylic acids is 1. The molecule has 6 N–H and O–H groups in total. The molecule has 0 aliphatic carbocycles. The summed E-state index contributed by atoms with van der Waals surface area (Å²) in [4.78, 5) is 29.2. The number of amides is 2. The van der Waals surface area contributed by atoms with E-state index in [-0.39, 0.29) is 0 Å². The van der Waals surface area contributed by atoms with Crippen LogP contribution in [0.4, 0.5) is 0 Å². The van der Waals surface area contributed by atoms with Gasteiger partial charge in [-0.05, 0) is 0 Å². The second kappa shape index (κ2) is 7.74. The summed E-state index contributed by atoms with van der Waals surface area (Å²) < 4.78 is 0. The lowest BCUT2D eigenvalue weighted by Gasteiger charge is -2.00. The number of carbonyl (C=O) groups is 3. The maximum Gasteiger partial charge on any atom is 0.327 e. The van der Waals surface area contributed by atoms with Crippen LogP contribution < -0.4 is 11.5 Å². The van der Waals surface area contributed by atoms with E-state index in [1.54, 1.807) is 0 Å². The molecule has 2 amide bonds. The number of rotatable bonds is 4. The molecule has 0 aromatic rings. The topological polar surface area (TPSA) is 144 Å². The van der Waals surface area contributed by atoms with Crippen molar-refractivity contribution in [2.45, 2.75) is 12.5 Å². The van der Waals surface area contributed by atoms with Crippen molar-refractivity contribution in [1.29, 1.82) is 0 Å². The van der Waals surface area contributed by atoms with E-state index in [0.717, 1.165) is 6.08 Å². The molecule has 0 bridgehead atoms. The van der Waals surface area contributed by atoms with Gasteiger partial charge in [-0.25, -0.2) is 4.79 Å². The Morgan fingerprint density at radius 3 is 1.79 bits per heavy atom. The number of aliphatic hydroxyl groups is 1. The summed E-state index contributed by atoms with van der Waals surface area (Å²) in [6.45, 7) is 2.96. The fraction of sp³-hybridized carbons (Fsp3) is 0.286. The lowest BCUT2D eigenvalue weighted by atomic mass is 10.2. The number of carboxylic acids is 1. The van der Waals surface area contributed by atoms with E-state index in [1.807, 2.05) is 0 Å². The molecular formula is C7H12N2O5. The second-order valence-electron chi connectivity index (χ2n) is 2.13. The van der Waals surface area contributed by atoms with Crippen LogP contribution in [-0.4, -0.2) is 34.1 Å². The van der Waals surface area contributed by atoms with Crippen LogP contribution in [0.15, 0.2) is 12.7 Å². The Bertz CT molecular complexity index is 238. The predicted octanol–water partition coefficient (Wildman–Crippen LogP) is -2.03. The fourth-order valence-corrected chi connectivity index (χ4v) is 0.291. The standard InChI is InChI=1S/C4H8N2O3.C3H4O2/c5-3(8)1-2(7)4(6)9;1-2-3(4)5/h2,7H,1H2,(H2,5,8)(H2,6,9);2H,1H2,(H,4,5). The van der Waals surface area contributed by atoms with Crippen LogP contribution in [-0.2, 0) is 14.4 Å². The molecule has 7 nitrogen and oxygen atoms in total. The van der Waals surface area contributed by atoms with Gasteiger partial charge in [0.25, 0.3) is 0 Å². The zero-order valence-electron chi connectivity index (χ0n) is 7.34. The number of aliphatic hydroxyl groups excluding tert-OH is 1. The Morgan fingerprint density at radius 2 is 1.71 bits per heavy atom. The first-order valence-electron chi connectivity index (χ1n) is 3.42. The van der Waals surface area contributed by atoms with E-state index < -0.39 is 30.3 Å². The van der Waals surface area contributed by atoms with E-state index in [9.17, 15) is 14.4 Å². The van der Waals surface area contributed by atoms with Crippen molar-refractivity contribution in [3.8, 4) is 0 Å². The highest BCUT2D eigenvalue weighted by molar-refractivity contribution is 5.85. The number of carbonyl (C=O) groups excluding carboxylic acids is 2. The minimum Gasteiger partial charge on any atom is -0.478 e. The minimum absolute atomic E-state index is 0.407. The molecule has 0 spiro atoms. The van der Waals surface area contributed by atoms with Crippen LogP contribution >= 0.6 is 0 Å². The molecule has 0 saturated carbocycles. The highest BCUT2D eigenvalue weighted by Crippen LogP contribution is 1.86. The van der Waals surface area contributed by atoms with E-state index in [4.69, 9.17) is 10.2 Å². The van der Waals surface area contributed by atoms with Gasteiger partial charge in [-0.3, -0.25) is 9.59 Å². The van der Waals surface area contributed by atoms with Crippen LogP contribution in [0.1, 0.15) is 6.42 Å². The average molecular weight is 204 g/mol. The van der Waals surface area contributed by atoms with Crippen LogP contribution in [0.25, 0.3) is 0 Å². The van der Waals surface area contributed by atoms with Crippen molar-refractivity contribution in [1.82, 2.24) is 0 Å². The van der Waals surface area contributed by atoms with Crippen molar-refractivity contribution in [2.24, 2.45) is 11.5 Å². The van der Waals surface area contributed by atoms with Gasteiger partial charge < -0.3 is 21.7 Å². The third kappa shape index (κ3) is 12.8. The normalized spacial score (nSPS) is 10.4. The van der Waals surface area contributed by atoms with Crippen molar-refractivity contribution in [3.63, 3.8) is 0 Å². The van der Waals surface area contributed by atoms with Crippen molar-refractivity contribution in [3.05, 3.63) is 12.7 Å². The molecule has 0 aromatic heterocycles. The summed E-state index contributed by atoms with van der Waals surface area (Å²) in [7, 11) is 0. The molecule has 80 valence electrons. The first-order chi connectivity index (χ1) is 6.31. The van der Waals surface area contributed by atoms with Gasteiger partial charge in [0.1, 0.15) is 6.10 Å². The summed E-state index contributed by atoms with van der Waals surface area (Å²) in [5.41, 5.74) is 9.21. The van der Waals surface area contributed by atoms with Crippen LogP contribution in [0.5, 0.6) is 0 Å². The summed E-state index contributed by atoms with van der Waals surface area (Å²) >= 11 is 0. The molecule has 14 heavy (non-hydrogen) atoms. The molecular weight excluding hydrogens is 192 g/mol. The second-order valence-corrected chi connectivity index (χ2v) is 2.13. The molecule has 7 heteroatoms. The molecule has 0 rings (SSSR count). The molecule has 0 fully saturated rings. The average Bonchev–Trinajstić information content (AvgIpc) is 2.04. The van der Waals surface area contributed by atoms with Crippen molar-refractivity contribution in [2.75, 3.05) is 0 Å². The smallest absolute Gasteiger partial charge is 0.327 e. The fourth-order valence-electron chi connectivity index (χ4n) is 0.291. The van der Waals surface area contributed by atoms with Gasteiger partial charge in [-0.2, -0.15) is 0 Å². The Morgan fingerprint density at radius 1 is 1.36 bits per heavy atom. The minimum atomic E-state index is -1.44. The van der Waals surface area contributed by atoms with Crippen molar-refractivity contribution < 1.29 is 24.6 Å². The van der Waals surface area contributed by atoms with Gasteiger partial charge >= 0.3 is 5.97 Å². The molecule has 1 unspecified atom stereocenters. The zero-order chi connectivity index (χ0) is 11.7. The van der Waals surface area contributed by atoms with E-state index in [1.165, 1.54) is 0 Å². The quantitative estimate of drug-likeness (QED) is 0.390. The van der Waals surface area contributed by atoms with E-state index in [2.05, 4.69) is 18.0 Å². The third-order valence-electron chi connectivity index (χ3n) is 0.898. The third-order valence-corrected chi connectivity index (χ3v) is 0.898. The Hall–Kier alpha value is -1.89. The predicted molar refractivity (Wildman–Crippen MR) is 46.8 cm³/mol. The molecule has 0 radical (unpaired) electrons. The Labute approximate surface area is 80.0 Å². The first kappa shape index (κ1) is 14.6. The highest BCUT2D eigenvalue weighted by Gasteiger charge is 2.12. The van der Waals surface area contributed by atoms with E-state index in [0.29, 0.717) is 0 Å². The highest BCUT2D eigenvalue weighted by atomic mass is 16.4. The maximum atomic E-state index is 10.00. The summed E-state index contributed by atoms with van der Waals surface area (Å²) in [6.07, 6.45) is -1.02. The van der Waals surface area contributed by atoms with Crippen LogP contribution in [0.2, 0.25) is 0 Å². The summed E-state index contributed by atoms with van der Waals surface area (Å²) in [5, 5.41) is 16.1. The van der Waals surface area contributed by atoms with Crippen LogP contribution in [0, 0.1) is 0 Å². The number of nitrogens with two attached hydrogens (primary N) is 2. The Kier molecular flexibility index (Phi) is 8.09. The molecule has 0 saturated heterocycles. The maximum absolute atomic E-state index is 10.00. The first-order valence-corrected chi connectivity index (χ1v) is 3.42. The van der Waals surface area contributed by atoms with Crippen molar-refractivity contribution >= 4 is 17.8 Å². The molecule has 0 aromatic carbocycles. The molecule has 0 aliphatic rings. The number of hydrogen-bond donors (Lipinski definition) is 4. The zero-order valence-corrected chi connectivity index (χ0v) is 7.34. The largest absolute Gasteiger partial charge is 0.478 e. The van der Waals surface area contributed by atoms with Gasteiger partial charge in [0.15, 0.2) is 0 Å². The Balaban J connectivity index is 0.